The summed E-state index contributed by atoms with van der Waals surface area (Å²) in [4.78, 5) is 6.99. The van der Waals surface area contributed by atoms with E-state index in [0.717, 1.165) is 12.6 Å². The van der Waals surface area contributed by atoms with Crippen molar-refractivity contribution in [1.29, 1.82) is 0 Å². The summed E-state index contributed by atoms with van der Waals surface area (Å²) >= 11 is 0. The second-order valence-corrected chi connectivity index (χ2v) is 5.56. The highest BCUT2D eigenvalue weighted by molar-refractivity contribution is 5.46. The van der Waals surface area contributed by atoms with Crippen LogP contribution in [-0.2, 0) is 6.54 Å². The van der Waals surface area contributed by atoms with Gasteiger partial charge >= 0.3 is 0 Å². The van der Waals surface area contributed by atoms with E-state index in [0.29, 0.717) is 0 Å². The molecule has 3 heteroatoms. The summed E-state index contributed by atoms with van der Waals surface area (Å²) in [5.74, 6) is 0. The van der Waals surface area contributed by atoms with Gasteiger partial charge in [0.2, 0.25) is 0 Å². The molecule has 0 unspecified atom stereocenters. The topological polar surface area (TPSA) is 28.2 Å². The summed E-state index contributed by atoms with van der Waals surface area (Å²) in [7, 11) is 0. The highest BCUT2D eigenvalue weighted by Crippen LogP contribution is 2.21. The normalized spacial score (nSPS) is 20.8. The predicted molar refractivity (Wildman–Crippen MR) is 74.8 cm³/mol. The van der Waals surface area contributed by atoms with Gasteiger partial charge in [0.15, 0.2) is 0 Å². The smallest absolute Gasteiger partial charge is 0.0562 e. The Morgan fingerprint density at radius 2 is 1.94 bits per heavy atom. The number of nitrogens with zero attached hydrogens (tertiary/aromatic N) is 2. The van der Waals surface area contributed by atoms with Crippen molar-refractivity contribution in [2.75, 3.05) is 18.0 Å². The zero-order valence-electron chi connectivity index (χ0n) is 11.1. The first-order chi connectivity index (χ1) is 8.92. The molecule has 1 aliphatic carbocycles. The number of hydrogen-bond donors (Lipinski definition) is 1. The average molecular weight is 245 g/mol. The van der Waals surface area contributed by atoms with E-state index >= 15 is 0 Å². The van der Waals surface area contributed by atoms with Crippen LogP contribution in [0.15, 0.2) is 18.3 Å². The molecule has 0 radical (unpaired) electrons. The van der Waals surface area contributed by atoms with Crippen molar-refractivity contribution in [3.05, 3.63) is 24.0 Å². The summed E-state index contributed by atoms with van der Waals surface area (Å²) in [6, 6.07) is 5.18. The first-order valence-corrected chi connectivity index (χ1v) is 7.35. The molecule has 1 N–H and O–H groups in total. The van der Waals surface area contributed by atoms with Crippen LogP contribution >= 0.6 is 0 Å². The number of nitrogens with one attached hydrogen (secondary N) is 1. The molecule has 3 rings (SSSR count). The van der Waals surface area contributed by atoms with Crippen molar-refractivity contribution in [2.24, 2.45) is 0 Å². The van der Waals surface area contributed by atoms with Gasteiger partial charge in [-0.3, -0.25) is 4.98 Å². The molecular weight excluding hydrogens is 222 g/mol. The molecule has 0 bridgehead atoms. The van der Waals surface area contributed by atoms with Gasteiger partial charge in [-0.1, -0.05) is 12.8 Å². The molecule has 2 aliphatic rings. The van der Waals surface area contributed by atoms with Crippen molar-refractivity contribution in [3.63, 3.8) is 0 Å². The first-order valence-electron chi connectivity index (χ1n) is 7.35. The van der Waals surface area contributed by atoms with Crippen molar-refractivity contribution in [1.82, 2.24) is 10.3 Å². The molecular formula is C15H23N3. The molecule has 2 fully saturated rings. The van der Waals surface area contributed by atoms with E-state index in [1.807, 2.05) is 6.20 Å². The standard InChI is InChI=1S/C15H23N3/c1-2-4-10-18(9-3-1)15-7-8-16-14(11-15)12-17-13-5-6-13/h7-8,11,13,17H,1-6,9-10,12H2. The van der Waals surface area contributed by atoms with E-state index in [2.05, 4.69) is 27.3 Å². The quantitative estimate of drug-likeness (QED) is 0.884. The van der Waals surface area contributed by atoms with Crippen molar-refractivity contribution < 1.29 is 0 Å². The summed E-state index contributed by atoms with van der Waals surface area (Å²) in [6.45, 7) is 3.34. The van der Waals surface area contributed by atoms with Crippen molar-refractivity contribution in [3.8, 4) is 0 Å². The van der Waals surface area contributed by atoms with E-state index < -0.39 is 0 Å². The Kier molecular flexibility index (Phi) is 3.79. The van der Waals surface area contributed by atoms with Crippen LogP contribution in [0.3, 0.4) is 0 Å². The zero-order valence-corrected chi connectivity index (χ0v) is 11.1. The van der Waals surface area contributed by atoms with Gasteiger partial charge < -0.3 is 10.2 Å². The Hall–Kier alpha value is -1.09. The lowest BCUT2D eigenvalue weighted by Crippen LogP contribution is -2.24. The van der Waals surface area contributed by atoms with Crippen LogP contribution in [0.2, 0.25) is 0 Å². The fraction of sp³-hybridized carbons (Fsp3) is 0.667. The highest BCUT2D eigenvalue weighted by atomic mass is 15.1. The molecule has 0 amide bonds. The molecule has 0 atom stereocenters. The van der Waals surface area contributed by atoms with Crippen LogP contribution in [0.5, 0.6) is 0 Å². The Balaban J connectivity index is 1.64. The molecule has 1 aromatic heterocycles. The maximum atomic E-state index is 4.47. The number of anilines is 1. The monoisotopic (exact) mass is 245 g/mol. The molecule has 1 aromatic rings. The Labute approximate surface area is 110 Å². The lowest BCUT2D eigenvalue weighted by Gasteiger charge is -2.23. The van der Waals surface area contributed by atoms with Gasteiger partial charge in [0.05, 0.1) is 5.69 Å². The minimum Gasteiger partial charge on any atom is -0.371 e. The molecule has 1 aliphatic heterocycles. The molecule has 18 heavy (non-hydrogen) atoms. The largest absolute Gasteiger partial charge is 0.371 e. The van der Waals surface area contributed by atoms with Gasteiger partial charge in [0.25, 0.3) is 0 Å². The van der Waals surface area contributed by atoms with Crippen LogP contribution in [0.4, 0.5) is 5.69 Å². The first kappa shape index (κ1) is 12.0. The van der Waals surface area contributed by atoms with Crippen molar-refractivity contribution >= 4 is 5.69 Å². The second-order valence-electron chi connectivity index (χ2n) is 5.56. The number of hydrogen-bond acceptors (Lipinski definition) is 3. The van der Waals surface area contributed by atoms with Crippen LogP contribution in [0.25, 0.3) is 0 Å². The van der Waals surface area contributed by atoms with E-state index in [9.17, 15) is 0 Å². The third-order valence-corrected chi connectivity index (χ3v) is 3.92. The Morgan fingerprint density at radius 3 is 2.67 bits per heavy atom. The summed E-state index contributed by atoms with van der Waals surface area (Å²) in [6.07, 6.45) is 10.1. The van der Waals surface area contributed by atoms with Gasteiger partial charge in [-0.05, 0) is 37.8 Å². The third kappa shape index (κ3) is 3.22. The van der Waals surface area contributed by atoms with Gasteiger partial charge in [0, 0.05) is 37.6 Å². The van der Waals surface area contributed by atoms with Gasteiger partial charge in [-0.15, -0.1) is 0 Å². The maximum absolute atomic E-state index is 4.47. The van der Waals surface area contributed by atoms with Crippen molar-refractivity contribution in [2.45, 2.75) is 51.1 Å². The molecule has 1 saturated heterocycles. The molecule has 98 valence electrons. The van der Waals surface area contributed by atoms with E-state index in [1.165, 1.54) is 63.0 Å². The van der Waals surface area contributed by atoms with E-state index in [-0.39, 0.29) is 0 Å². The van der Waals surface area contributed by atoms with Crippen LogP contribution in [0, 0.1) is 0 Å². The maximum Gasteiger partial charge on any atom is 0.0562 e. The Morgan fingerprint density at radius 1 is 1.17 bits per heavy atom. The highest BCUT2D eigenvalue weighted by Gasteiger charge is 2.20. The predicted octanol–water partition coefficient (Wildman–Crippen LogP) is 2.71. The number of aromatic nitrogens is 1. The summed E-state index contributed by atoms with van der Waals surface area (Å²) < 4.78 is 0. The lowest BCUT2D eigenvalue weighted by atomic mass is 10.2. The molecule has 2 heterocycles. The third-order valence-electron chi connectivity index (χ3n) is 3.92. The van der Waals surface area contributed by atoms with E-state index in [1.54, 1.807) is 0 Å². The fourth-order valence-corrected chi connectivity index (χ4v) is 2.62. The molecule has 0 aromatic carbocycles. The molecule has 3 nitrogen and oxygen atoms in total. The second kappa shape index (κ2) is 5.70. The lowest BCUT2D eigenvalue weighted by molar-refractivity contribution is 0.673. The number of rotatable bonds is 4. The molecule has 1 saturated carbocycles. The van der Waals surface area contributed by atoms with Gasteiger partial charge in [-0.25, -0.2) is 0 Å². The van der Waals surface area contributed by atoms with Gasteiger partial charge in [-0.2, -0.15) is 0 Å². The van der Waals surface area contributed by atoms with Crippen LogP contribution in [-0.4, -0.2) is 24.1 Å². The SMILES string of the molecule is c1cc(N2CCCCCC2)cc(CNC2CC2)n1. The summed E-state index contributed by atoms with van der Waals surface area (Å²) in [5, 5.41) is 3.53. The zero-order chi connectivity index (χ0) is 12.2. The average Bonchev–Trinajstić information content (AvgIpc) is 3.24. The molecule has 0 spiro atoms. The minimum absolute atomic E-state index is 0.758. The van der Waals surface area contributed by atoms with Crippen LogP contribution in [0.1, 0.15) is 44.2 Å². The minimum atomic E-state index is 0.758. The van der Waals surface area contributed by atoms with Gasteiger partial charge in [0.1, 0.15) is 0 Å². The fourth-order valence-electron chi connectivity index (χ4n) is 2.62. The Bertz CT molecular complexity index is 379. The van der Waals surface area contributed by atoms with Crippen LogP contribution < -0.4 is 10.2 Å². The van der Waals surface area contributed by atoms with E-state index in [4.69, 9.17) is 0 Å². The number of pyridine rings is 1. The summed E-state index contributed by atoms with van der Waals surface area (Å²) in [5.41, 5.74) is 2.54.